The van der Waals surface area contributed by atoms with E-state index in [1.807, 2.05) is 37.3 Å². The molecule has 0 saturated heterocycles. The van der Waals surface area contributed by atoms with E-state index >= 15 is 0 Å². The van der Waals surface area contributed by atoms with Crippen LogP contribution in [0.25, 0.3) is 0 Å². The molecule has 0 aromatic heterocycles. The number of hydrogen-bond acceptors (Lipinski definition) is 3. The summed E-state index contributed by atoms with van der Waals surface area (Å²) in [5.41, 5.74) is 5.01. The molecular weight excluding hydrogens is 314 g/mol. The lowest BCUT2D eigenvalue weighted by Crippen LogP contribution is -2.33. The van der Waals surface area contributed by atoms with Crippen molar-refractivity contribution >= 4 is 17.4 Å². The van der Waals surface area contributed by atoms with Crippen LogP contribution in [-0.2, 0) is 11.2 Å². The molecule has 2 aromatic rings. The van der Waals surface area contributed by atoms with Gasteiger partial charge in [0, 0.05) is 18.7 Å². The summed E-state index contributed by atoms with van der Waals surface area (Å²) in [6.45, 7) is 4.71. The number of benzene rings is 2. The van der Waals surface area contributed by atoms with Gasteiger partial charge in [-0.1, -0.05) is 31.2 Å². The van der Waals surface area contributed by atoms with Gasteiger partial charge in [-0.25, -0.2) is 0 Å². The summed E-state index contributed by atoms with van der Waals surface area (Å²) in [5.74, 6) is 0.793. The molecule has 0 saturated carbocycles. The average molecular weight is 335 g/mol. The first-order chi connectivity index (χ1) is 12.1. The van der Waals surface area contributed by atoms with Crippen LogP contribution in [0.3, 0.4) is 0 Å². The lowest BCUT2D eigenvalue weighted by atomic mass is 9.97. The largest absolute Gasteiger partial charge is 0.483 e. The molecule has 1 atom stereocenters. The molecule has 1 unspecified atom stereocenters. The van der Waals surface area contributed by atoms with Gasteiger partial charge < -0.3 is 9.64 Å². The van der Waals surface area contributed by atoms with Crippen LogP contribution in [-0.4, -0.2) is 24.8 Å². The Morgan fingerprint density at radius 3 is 2.88 bits per heavy atom. The number of amides is 1. The van der Waals surface area contributed by atoms with Crippen LogP contribution in [0.4, 0.5) is 5.69 Å². The van der Waals surface area contributed by atoms with Gasteiger partial charge in [0.15, 0.2) is 12.4 Å². The first-order valence-corrected chi connectivity index (χ1v) is 8.74. The summed E-state index contributed by atoms with van der Waals surface area (Å²) < 4.78 is 5.80. The molecule has 0 bridgehead atoms. The van der Waals surface area contributed by atoms with Gasteiger partial charge in [0.25, 0.3) is 5.91 Å². The number of rotatable bonds is 3. The molecule has 4 rings (SSSR count). The van der Waals surface area contributed by atoms with E-state index in [9.17, 15) is 9.59 Å². The highest BCUT2D eigenvalue weighted by molar-refractivity contribution is 6.04. The second-order valence-electron chi connectivity index (χ2n) is 6.91. The SMILES string of the molecule is Cc1ccc(OCC(=O)N2CCc3ccccc32)c2c1C(C)CC2=O. The number of anilines is 1. The maximum Gasteiger partial charge on any atom is 0.264 e. The molecule has 1 aliphatic heterocycles. The van der Waals surface area contributed by atoms with Gasteiger partial charge in [-0.15, -0.1) is 0 Å². The number of hydrogen-bond donors (Lipinski definition) is 0. The molecule has 0 fully saturated rings. The van der Waals surface area contributed by atoms with Crippen molar-refractivity contribution in [2.24, 2.45) is 0 Å². The normalized spacial score (nSPS) is 18.2. The second kappa shape index (κ2) is 6.03. The predicted octanol–water partition coefficient (Wildman–Crippen LogP) is 3.65. The van der Waals surface area contributed by atoms with Crippen molar-refractivity contribution in [1.29, 1.82) is 0 Å². The molecule has 0 N–H and O–H groups in total. The van der Waals surface area contributed by atoms with Crippen LogP contribution in [0.1, 0.15) is 46.3 Å². The van der Waals surface area contributed by atoms with E-state index in [4.69, 9.17) is 4.74 Å². The van der Waals surface area contributed by atoms with E-state index in [0.717, 1.165) is 23.2 Å². The first-order valence-electron chi connectivity index (χ1n) is 8.74. The third kappa shape index (κ3) is 2.62. The second-order valence-corrected chi connectivity index (χ2v) is 6.91. The number of ether oxygens (including phenoxy) is 1. The average Bonchev–Trinajstić information content (AvgIpc) is 3.16. The molecule has 2 aliphatic rings. The quantitative estimate of drug-likeness (QED) is 0.860. The molecule has 0 radical (unpaired) electrons. The molecule has 4 nitrogen and oxygen atoms in total. The monoisotopic (exact) mass is 335 g/mol. The summed E-state index contributed by atoms with van der Waals surface area (Å²) >= 11 is 0. The fourth-order valence-electron chi connectivity index (χ4n) is 4.04. The third-order valence-electron chi connectivity index (χ3n) is 5.23. The number of carbonyl (C=O) groups is 2. The van der Waals surface area contributed by atoms with Gasteiger partial charge in [0.05, 0.1) is 5.56 Å². The van der Waals surface area contributed by atoms with E-state index in [0.29, 0.717) is 24.3 Å². The molecule has 1 aliphatic carbocycles. The molecule has 1 heterocycles. The van der Waals surface area contributed by atoms with Gasteiger partial charge in [-0.2, -0.15) is 0 Å². The maximum atomic E-state index is 12.6. The van der Waals surface area contributed by atoms with Crippen molar-refractivity contribution in [1.82, 2.24) is 0 Å². The van der Waals surface area contributed by atoms with Gasteiger partial charge >= 0.3 is 0 Å². The first kappa shape index (κ1) is 15.9. The van der Waals surface area contributed by atoms with Gasteiger partial charge in [0.2, 0.25) is 0 Å². The standard InChI is InChI=1S/C21H21NO3/c1-13-7-8-18(21-17(23)11-14(2)20(13)21)25-12-19(24)22-10-9-15-5-3-4-6-16(15)22/h3-8,14H,9-12H2,1-2H3. The fraction of sp³-hybridized carbons (Fsp3) is 0.333. The van der Waals surface area contributed by atoms with Crippen molar-refractivity contribution in [3.05, 3.63) is 58.7 Å². The van der Waals surface area contributed by atoms with Crippen LogP contribution in [0.2, 0.25) is 0 Å². The van der Waals surface area contributed by atoms with Gasteiger partial charge in [-0.3, -0.25) is 9.59 Å². The topological polar surface area (TPSA) is 46.6 Å². The van der Waals surface area contributed by atoms with Crippen molar-refractivity contribution in [2.45, 2.75) is 32.6 Å². The molecule has 1 amide bonds. The number of carbonyl (C=O) groups excluding carboxylic acids is 2. The Balaban J connectivity index is 1.54. The van der Waals surface area contributed by atoms with Crippen LogP contribution in [0.5, 0.6) is 5.75 Å². The summed E-state index contributed by atoms with van der Waals surface area (Å²) in [6, 6.07) is 11.7. The summed E-state index contributed by atoms with van der Waals surface area (Å²) in [4.78, 5) is 26.7. The summed E-state index contributed by atoms with van der Waals surface area (Å²) in [5, 5.41) is 0. The zero-order chi connectivity index (χ0) is 17.6. The molecule has 128 valence electrons. The summed E-state index contributed by atoms with van der Waals surface area (Å²) in [7, 11) is 0. The molecule has 0 spiro atoms. The number of Topliss-reactive ketones (excluding diaryl/α,β-unsaturated/α-hetero) is 1. The summed E-state index contributed by atoms with van der Waals surface area (Å²) in [6.07, 6.45) is 1.39. The van der Waals surface area contributed by atoms with Crippen LogP contribution in [0, 0.1) is 6.92 Å². The number of ketones is 1. The van der Waals surface area contributed by atoms with Crippen LogP contribution in [0.15, 0.2) is 36.4 Å². The van der Waals surface area contributed by atoms with Gasteiger partial charge in [0.1, 0.15) is 5.75 Å². The number of nitrogens with zero attached hydrogens (tertiary/aromatic N) is 1. The maximum absolute atomic E-state index is 12.6. The van der Waals surface area contributed by atoms with Crippen molar-refractivity contribution in [2.75, 3.05) is 18.1 Å². The number of aryl methyl sites for hydroxylation is 1. The Morgan fingerprint density at radius 1 is 1.24 bits per heavy atom. The van der Waals surface area contributed by atoms with E-state index in [2.05, 4.69) is 13.0 Å². The molecule has 2 aromatic carbocycles. The lowest BCUT2D eigenvalue weighted by Gasteiger charge is -2.18. The minimum absolute atomic E-state index is 0.0501. The Kier molecular flexibility index (Phi) is 3.83. The number of fused-ring (bicyclic) bond motifs is 2. The highest BCUT2D eigenvalue weighted by Gasteiger charge is 2.31. The third-order valence-corrected chi connectivity index (χ3v) is 5.23. The van der Waals surface area contributed by atoms with E-state index < -0.39 is 0 Å². The van der Waals surface area contributed by atoms with Crippen LogP contribution < -0.4 is 9.64 Å². The van der Waals surface area contributed by atoms with Gasteiger partial charge in [-0.05, 0) is 48.1 Å². The minimum Gasteiger partial charge on any atom is -0.483 e. The van der Waals surface area contributed by atoms with Crippen LogP contribution >= 0.6 is 0 Å². The fourth-order valence-corrected chi connectivity index (χ4v) is 4.04. The highest BCUT2D eigenvalue weighted by atomic mass is 16.5. The lowest BCUT2D eigenvalue weighted by molar-refractivity contribution is -0.120. The predicted molar refractivity (Wildman–Crippen MR) is 96.5 cm³/mol. The molecule has 25 heavy (non-hydrogen) atoms. The minimum atomic E-state index is -0.0715. The Labute approximate surface area is 147 Å². The van der Waals surface area contributed by atoms with Crippen molar-refractivity contribution in [3.63, 3.8) is 0 Å². The van der Waals surface area contributed by atoms with E-state index in [1.54, 1.807) is 4.90 Å². The Morgan fingerprint density at radius 2 is 2.04 bits per heavy atom. The van der Waals surface area contributed by atoms with E-state index in [-0.39, 0.29) is 24.2 Å². The van der Waals surface area contributed by atoms with E-state index in [1.165, 1.54) is 5.56 Å². The zero-order valence-electron chi connectivity index (χ0n) is 14.5. The highest BCUT2D eigenvalue weighted by Crippen LogP contribution is 2.40. The zero-order valence-corrected chi connectivity index (χ0v) is 14.5. The Bertz CT molecular complexity index is 871. The Hall–Kier alpha value is -2.62. The van der Waals surface area contributed by atoms with Crippen molar-refractivity contribution < 1.29 is 14.3 Å². The molecular formula is C21H21NO3. The van der Waals surface area contributed by atoms with Crippen molar-refractivity contribution in [3.8, 4) is 5.75 Å². The number of para-hydroxylation sites is 1. The smallest absolute Gasteiger partial charge is 0.264 e. The molecule has 4 heteroatoms.